The first-order valence-electron chi connectivity index (χ1n) is 6.68. The number of benzene rings is 1. The molecule has 0 saturated carbocycles. The molecule has 0 unspecified atom stereocenters. The van der Waals surface area contributed by atoms with Crippen molar-refractivity contribution < 1.29 is 14.6 Å². The minimum atomic E-state index is -0.886. The van der Waals surface area contributed by atoms with Gasteiger partial charge in [-0.3, -0.25) is 0 Å². The van der Waals surface area contributed by atoms with Crippen molar-refractivity contribution in [2.24, 2.45) is 0 Å². The highest BCUT2D eigenvalue weighted by Crippen LogP contribution is 2.16. The third kappa shape index (κ3) is 4.96. The fraction of sp³-hybridized carbons (Fsp3) is 0.438. The molecule has 1 aromatic carbocycles. The molecular weight excluding hydrogens is 254 g/mol. The number of carbonyl (C=O) groups is 1. The van der Waals surface area contributed by atoms with Gasteiger partial charge in [-0.1, -0.05) is 24.8 Å². The zero-order chi connectivity index (χ0) is 15.2. The number of nitrogens with zero attached hydrogens (tertiary/aromatic N) is 1. The van der Waals surface area contributed by atoms with Gasteiger partial charge in [-0.15, -0.1) is 0 Å². The van der Waals surface area contributed by atoms with Gasteiger partial charge in [0, 0.05) is 12.1 Å². The van der Waals surface area contributed by atoms with Gasteiger partial charge in [0.15, 0.2) is 0 Å². The largest absolute Gasteiger partial charge is 0.490 e. The molecule has 0 saturated heterocycles. The van der Waals surface area contributed by atoms with E-state index in [1.165, 1.54) is 4.90 Å². The summed E-state index contributed by atoms with van der Waals surface area (Å²) in [4.78, 5) is 12.7. The van der Waals surface area contributed by atoms with Crippen molar-refractivity contribution in [3.05, 3.63) is 42.5 Å². The van der Waals surface area contributed by atoms with Gasteiger partial charge in [-0.25, -0.2) is 4.79 Å². The molecule has 0 fully saturated rings. The van der Waals surface area contributed by atoms with Crippen LogP contribution in [-0.2, 0) is 6.42 Å². The monoisotopic (exact) mass is 277 g/mol. The van der Waals surface area contributed by atoms with Crippen molar-refractivity contribution in [1.82, 2.24) is 4.90 Å². The Balaban J connectivity index is 2.60. The fourth-order valence-corrected chi connectivity index (χ4v) is 1.87. The van der Waals surface area contributed by atoms with Gasteiger partial charge in [0.05, 0.1) is 0 Å². The summed E-state index contributed by atoms with van der Waals surface area (Å²) in [6.07, 6.45) is 1.50. The molecule has 4 nitrogen and oxygen atoms in total. The summed E-state index contributed by atoms with van der Waals surface area (Å²) >= 11 is 0. The lowest BCUT2D eigenvalue weighted by Crippen LogP contribution is -2.45. The van der Waals surface area contributed by atoms with E-state index in [0.717, 1.165) is 11.3 Å². The Hall–Kier alpha value is -1.97. The van der Waals surface area contributed by atoms with Crippen molar-refractivity contribution in [3.63, 3.8) is 0 Å². The second kappa shape index (κ2) is 6.98. The average Bonchev–Trinajstić information content (AvgIpc) is 2.36. The molecule has 0 aliphatic heterocycles. The van der Waals surface area contributed by atoms with E-state index in [4.69, 9.17) is 4.74 Å². The molecule has 0 aliphatic rings. The van der Waals surface area contributed by atoms with Crippen LogP contribution in [0.1, 0.15) is 26.3 Å². The molecular formula is C16H23NO3. The van der Waals surface area contributed by atoms with Crippen LogP contribution in [-0.4, -0.2) is 34.8 Å². The van der Waals surface area contributed by atoms with E-state index in [9.17, 15) is 9.90 Å². The minimum absolute atomic E-state index is 0.390. The Morgan fingerprint density at radius 3 is 2.40 bits per heavy atom. The lowest BCUT2D eigenvalue weighted by molar-refractivity contribution is 0.101. The van der Waals surface area contributed by atoms with E-state index < -0.39 is 11.6 Å². The first-order chi connectivity index (χ1) is 9.34. The van der Waals surface area contributed by atoms with Crippen LogP contribution < -0.4 is 4.74 Å². The molecule has 1 N–H and O–H groups in total. The zero-order valence-corrected chi connectivity index (χ0v) is 12.4. The summed E-state index contributed by atoms with van der Waals surface area (Å²) in [7, 11) is 0. The summed E-state index contributed by atoms with van der Waals surface area (Å²) in [6.45, 7) is 10.2. The standard InChI is InChI=1S/C16H23NO3/c1-5-12-20-14-8-6-13(7-9-14)10-11-17(15(18)19)16(2,3)4/h5-9H,1,10-12H2,2-4H3,(H,18,19). The van der Waals surface area contributed by atoms with Gasteiger partial charge >= 0.3 is 6.09 Å². The molecule has 20 heavy (non-hydrogen) atoms. The Morgan fingerprint density at radius 1 is 1.35 bits per heavy atom. The lowest BCUT2D eigenvalue weighted by Gasteiger charge is -2.33. The SMILES string of the molecule is C=CCOc1ccc(CCN(C(=O)O)C(C)(C)C)cc1. The molecule has 4 heteroatoms. The third-order valence-electron chi connectivity index (χ3n) is 2.96. The Morgan fingerprint density at radius 2 is 1.95 bits per heavy atom. The predicted octanol–water partition coefficient (Wildman–Crippen LogP) is 3.57. The van der Waals surface area contributed by atoms with E-state index in [1.54, 1.807) is 6.08 Å². The zero-order valence-electron chi connectivity index (χ0n) is 12.4. The average molecular weight is 277 g/mol. The Labute approximate surface area is 120 Å². The van der Waals surface area contributed by atoms with Crippen LogP contribution in [0, 0.1) is 0 Å². The maximum Gasteiger partial charge on any atom is 0.407 e. The van der Waals surface area contributed by atoms with Crippen LogP contribution >= 0.6 is 0 Å². The summed E-state index contributed by atoms with van der Waals surface area (Å²) in [5, 5.41) is 9.22. The number of amides is 1. The molecule has 0 bridgehead atoms. The number of carboxylic acid groups (broad SMARTS) is 1. The summed E-state index contributed by atoms with van der Waals surface area (Å²) in [5.74, 6) is 0.791. The molecule has 1 amide bonds. The van der Waals surface area contributed by atoms with Crippen LogP contribution in [0.5, 0.6) is 5.75 Å². The first kappa shape index (κ1) is 16.1. The molecule has 0 aromatic heterocycles. The van der Waals surface area contributed by atoms with Crippen molar-refractivity contribution >= 4 is 6.09 Å². The highest BCUT2D eigenvalue weighted by molar-refractivity contribution is 5.66. The third-order valence-corrected chi connectivity index (χ3v) is 2.96. The van der Waals surface area contributed by atoms with Crippen molar-refractivity contribution in [1.29, 1.82) is 0 Å². The summed E-state index contributed by atoms with van der Waals surface area (Å²) in [6, 6.07) is 7.70. The lowest BCUT2D eigenvalue weighted by atomic mass is 10.1. The van der Waals surface area contributed by atoms with Gasteiger partial charge in [0.2, 0.25) is 0 Å². The highest BCUT2D eigenvalue weighted by Gasteiger charge is 2.25. The van der Waals surface area contributed by atoms with Gasteiger partial charge in [-0.05, 0) is 44.9 Å². The number of hydrogen-bond donors (Lipinski definition) is 1. The maximum atomic E-state index is 11.2. The second-order valence-electron chi connectivity index (χ2n) is 5.60. The molecule has 1 aromatic rings. The number of hydrogen-bond acceptors (Lipinski definition) is 2. The van der Waals surface area contributed by atoms with Crippen LogP contribution in [0.2, 0.25) is 0 Å². The van der Waals surface area contributed by atoms with E-state index in [-0.39, 0.29) is 0 Å². The van der Waals surface area contributed by atoms with Crippen LogP contribution in [0.3, 0.4) is 0 Å². The number of ether oxygens (including phenoxy) is 1. The molecule has 0 atom stereocenters. The van der Waals surface area contributed by atoms with Gasteiger partial charge < -0.3 is 14.7 Å². The molecule has 0 radical (unpaired) electrons. The van der Waals surface area contributed by atoms with Gasteiger partial charge in [0.25, 0.3) is 0 Å². The van der Waals surface area contributed by atoms with Crippen molar-refractivity contribution in [2.75, 3.05) is 13.2 Å². The second-order valence-corrected chi connectivity index (χ2v) is 5.60. The van der Waals surface area contributed by atoms with Gasteiger partial charge in [-0.2, -0.15) is 0 Å². The van der Waals surface area contributed by atoms with E-state index in [1.807, 2.05) is 45.0 Å². The molecule has 0 spiro atoms. The van der Waals surface area contributed by atoms with Crippen LogP contribution in [0.4, 0.5) is 4.79 Å². The van der Waals surface area contributed by atoms with Gasteiger partial charge in [0.1, 0.15) is 12.4 Å². The molecule has 110 valence electrons. The van der Waals surface area contributed by atoms with Crippen LogP contribution in [0.25, 0.3) is 0 Å². The number of rotatable bonds is 6. The molecule has 0 aliphatic carbocycles. The minimum Gasteiger partial charge on any atom is -0.490 e. The smallest absolute Gasteiger partial charge is 0.407 e. The summed E-state index contributed by atoms with van der Waals surface area (Å²) in [5.41, 5.74) is 0.699. The normalized spacial score (nSPS) is 10.9. The van der Waals surface area contributed by atoms with Crippen LogP contribution in [0.15, 0.2) is 36.9 Å². The Kier molecular flexibility index (Phi) is 5.62. The highest BCUT2D eigenvalue weighted by atomic mass is 16.5. The predicted molar refractivity (Wildman–Crippen MR) is 80.3 cm³/mol. The maximum absolute atomic E-state index is 11.2. The van der Waals surface area contributed by atoms with Crippen molar-refractivity contribution in [2.45, 2.75) is 32.7 Å². The summed E-state index contributed by atoms with van der Waals surface area (Å²) < 4.78 is 5.41. The van der Waals surface area contributed by atoms with Crippen molar-refractivity contribution in [3.8, 4) is 5.75 Å². The first-order valence-corrected chi connectivity index (χ1v) is 6.68. The van der Waals surface area contributed by atoms with E-state index in [2.05, 4.69) is 6.58 Å². The Bertz CT molecular complexity index is 446. The quantitative estimate of drug-likeness (QED) is 0.809. The molecule has 0 heterocycles. The van der Waals surface area contributed by atoms with E-state index >= 15 is 0 Å². The fourth-order valence-electron chi connectivity index (χ4n) is 1.87. The van der Waals surface area contributed by atoms with E-state index in [0.29, 0.717) is 19.6 Å². The molecule has 1 rings (SSSR count). The topological polar surface area (TPSA) is 49.8 Å².